The van der Waals surface area contributed by atoms with Crippen molar-refractivity contribution in [2.24, 2.45) is 0 Å². The van der Waals surface area contributed by atoms with Crippen LogP contribution in [0.4, 0.5) is 0 Å². The van der Waals surface area contributed by atoms with Gasteiger partial charge in [-0.2, -0.15) is 4.72 Å². The summed E-state index contributed by atoms with van der Waals surface area (Å²) >= 11 is 3.39. The van der Waals surface area contributed by atoms with Crippen molar-refractivity contribution < 1.29 is 23.1 Å². The molecule has 0 aliphatic heterocycles. The number of phenols is 1. The number of sulfonamides is 1. The van der Waals surface area contributed by atoms with Crippen molar-refractivity contribution in [2.45, 2.75) is 17.4 Å². The number of carbonyl (C=O) groups is 1. The van der Waals surface area contributed by atoms with Crippen molar-refractivity contribution in [3.8, 4) is 16.9 Å². The first-order valence-electron chi connectivity index (χ1n) is 9.02. The predicted molar refractivity (Wildman–Crippen MR) is 118 cm³/mol. The van der Waals surface area contributed by atoms with E-state index < -0.39 is 22.0 Å². The van der Waals surface area contributed by atoms with Crippen molar-refractivity contribution in [2.75, 3.05) is 7.11 Å². The lowest BCUT2D eigenvalue weighted by atomic mass is 10.1. The third-order valence-corrected chi connectivity index (χ3v) is 6.52. The summed E-state index contributed by atoms with van der Waals surface area (Å²) in [5, 5.41) is 9.39. The van der Waals surface area contributed by atoms with Crippen LogP contribution in [0, 0.1) is 0 Å². The number of methoxy groups -OCH3 is 1. The molecular weight excluding hydrogens is 470 g/mol. The highest BCUT2D eigenvalue weighted by molar-refractivity contribution is 9.10. The van der Waals surface area contributed by atoms with Crippen molar-refractivity contribution in [3.05, 3.63) is 82.8 Å². The number of halogens is 1. The summed E-state index contributed by atoms with van der Waals surface area (Å²) in [6.45, 7) is 0. The molecule has 0 radical (unpaired) electrons. The second-order valence-corrected chi connectivity index (χ2v) is 9.23. The smallest absolute Gasteiger partial charge is 0.324 e. The summed E-state index contributed by atoms with van der Waals surface area (Å²) in [7, 11) is -2.75. The Morgan fingerprint density at radius 1 is 0.967 bits per heavy atom. The number of rotatable bonds is 7. The molecule has 0 amide bonds. The lowest BCUT2D eigenvalue weighted by Crippen LogP contribution is -2.42. The summed E-state index contributed by atoms with van der Waals surface area (Å²) in [5.74, 6) is -0.613. The van der Waals surface area contributed by atoms with E-state index in [4.69, 9.17) is 4.74 Å². The van der Waals surface area contributed by atoms with E-state index in [-0.39, 0.29) is 17.1 Å². The first-order valence-corrected chi connectivity index (χ1v) is 11.3. The van der Waals surface area contributed by atoms with Crippen molar-refractivity contribution in [3.63, 3.8) is 0 Å². The molecule has 156 valence electrons. The van der Waals surface area contributed by atoms with E-state index in [1.807, 2.05) is 24.3 Å². The lowest BCUT2D eigenvalue weighted by Gasteiger charge is -2.17. The maximum Gasteiger partial charge on any atom is 0.324 e. The van der Waals surface area contributed by atoms with Crippen molar-refractivity contribution in [1.82, 2.24) is 4.72 Å². The normalized spacial score (nSPS) is 12.3. The molecule has 0 spiro atoms. The van der Waals surface area contributed by atoms with Crippen LogP contribution < -0.4 is 4.72 Å². The monoisotopic (exact) mass is 489 g/mol. The van der Waals surface area contributed by atoms with Gasteiger partial charge in [-0.1, -0.05) is 52.3 Å². The van der Waals surface area contributed by atoms with Gasteiger partial charge < -0.3 is 9.84 Å². The van der Waals surface area contributed by atoms with Crippen LogP contribution in [-0.4, -0.2) is 32.6 Å². The van der Waals surface area contributed by atoms with Crippen LogP contribution in [0.2, 0.25) is 0 Å². The molecule has 1 unspecified atom stereocenters. The highest BCUT2D eigenvalue weighted by atomic mass is 79.9. The molecule has 3 rings (SSSR count). The van der Waals surface area contributed by atoms with Crippen LogP contribution in [0.25, 0.3) is 11.1 Å². The quantitative estimate of drug-likeness (QED) is 0.491. The molecule has 0 saturated heterocycles. The summed E-state index contributed by atoms with van der Waals surface area (Å²) in [4.78, 5) is 12.2. The van der Waals surface area contributed by atoms with Crippen LogP contribution in [0.1, 0.15) is 5.56 Å². The van der Waals surface area contributed by atoms with E-state index in [0.717, 1.165) is 15.6 Å². The van der Waals surface area contributed by atoms with Gasteiger partial charge in [0.2, 0.25) is 10.0 Å². The highest BCUT2D eigenvalue weighted by Crippen LogP contribution is 2.23. The van der Waals surface area contributed by atoms with E-state index in [1.165, 1.54) is 31.4 Å². The van der Waals surface area contributed by atoms with Crippen LogP contribution in [0.15, 0.2) is 82.2 Å². The summed E-state index contributed by atoms with van der Waals surface area (Å²) in [6, 6.07) is 19.2. The van der Waals surface area contributed by atoms with Crippen molar-refractivity contribution in [1.29, 1.82) is 0 Å². The molecule has 2 N–H and O–H groups in total. The largest absolute Gasteiger partial charge is 0.508 e. The van der Waals surface area contributed by atoms with Gasteiger partial charge in [0.15, 0.2) is 0 Å². The Morgan fingerprint density at radius 2 is 1.50 bits per heavy atom. The number of benzene rings is 3. The molecular formula is C22H20BrNO5S. The Balaban J connectivity index is 1.80. The fourth-order valence-electron chi connectivity index (χ4n) is 2.91. The second kappa shape index (κ2) is 9.42. The maximum atomic E-state index is 12.8. The Hall–Kier alpha value is -2.68. The van der Waals surface area contributed by atoms with Crippen molar-refractivity contribution >= 4 is 31.9 Å². The lowest BCUT2D eigenvalue weighted by molar-refractivity contribution is -0.142. The number of esters is 1. The minimum absolute atomic E-state index is 0.0444. The Labute approximate surface area is 183 Å². The highest BCUT2D eigenvalue weighted by Gasteiger charge is 2.26. The molecule has 1 atom stereocenters. The fraction of sp³-hybridized carbons (Fsp3) is 0.136. The average molecular weight is 490 g/mol. The van der Waals surface area contributed by atoms with Crippen LogP contribution in [-0.2, 0) is 26.0 Å². The van der Waals surface area contributed by atoms with E-state index in [9.17, 15) is 18.3 Å². The number of aromatic hydroxyl groups is 1. The van der Waals surface area contributed by atoms with Gasteiger partial charge >= 0.3 is 5.97 Å². The summed E-state index contributed by atoms with van der Waals surface area (Å²) in [6.07, 6.45) is 0.0865. The molecule has 3 aromatic rings. The van der Waals surface area contributed by atoms with Gasteiger partial charge in [-0.05, 0) is 59.5 Å². The predicted octanol–water partition coefficient (Wildman–Crippen LogP) is 3.88. The zero-order valence-electron chi connectivity index (χ0n) is 16.1. The number of phenolic OH excluding ortho intramolecular Hbond substituents is 1. The second-order valence-electron chi connectivity index (χ2n) is 6.60. The van der Waals surface area contributed by atoms with Gasteiger partial charge in [0.1, 0.15) is 11.8 Å². The molecule has 8 heteroatoms. The third-order valence-electron chi connectivity index (χ3n) is 4.50. The Morgan fingerprint density at radius 3 is 2.03 bits per heavy atom. The number of hydrogen-bond donors (Lipinski definition) is 2. The molecule has 0 aliphatic carbocycles. The minimum atomic E-state index is -3.96. The fourth-order valence-corrected chi connectivity index (χ4v) is 4.36. The molecule has 6 nitrogen and oxygen atoms in total. The van der Waals surface area contributed by atoms with Crippen LogP contribution in [0.5, 0.6) is 5.75 Å². The zero-order chi connectivity index (χ0) is 21.7. The number of carbonyl (C=O) groups excluding carboxylic acids is 1. The Bertz CT molecular complexity index is 1110. The van der Waals surface area contributed by atoms with Gasteiger partial charge in [0.25, 0.3) is 0 Å². The van der Waals surface area contributed by atoms with E-state index in [1.54, 1.807) is 24.3 Å². The van der Waals surface area contributed by atoms with E-state index in [0.29, 0.717) is 5.56 Å². The summed E-state index contributed by atoms with van der Waals surface area (Å²) in [5.41, 5.74) is 2.50. The molecule has 0 aromatic heterocycles. The van der Waals surface area contributed by atoms with E-state index >= 15 is 0 Å². The molecule has 0 aliphatic rings. The third kappa shape index (κ3) is 5.47. The Kier molecular flexibility index (Phi) is 6.91. The first kappa shape index (κ1) is 22.0. The topological polar surface area (TPSA) is 92.7 Å². The molecule has 0 fully saturated rings. The first-order chi connectivity index (χ1) is 14.3. The molecule has 0 saturated carbocycles. The number of ether oxygens (including phenoxy) is 1. The van der Waals surface area contributed by atoms with Gasteiger partial charge in [0.05, 0.1) is 12.0 Å². The van der Waals surface area contributed by atoms with Crippen LogP contribution in [0.3, 0.4) is 0 Å². The summed E-state index contributed by atoms with van der Waals surface area (Å²) < 4.78 is 33.8. The average Bonchev–Trinajstić information content (AvgIpc) is 2.75. The minimum Gasteiger partial charge on any atom is -0.508 e. The van der Waals surface area contributed by atoms with E-state index in [2.05, 4.69) is 20.7 Å². The SMILES string of the molecule is COC(=O)C(Cc1ccc(O)cc1)NS(=O)(=O)c1ccc(-c2ccc(Br)cc2)cc1. The van der Waals surface area contributed by atoms with Gasteiger partial charge in [0, 0.05) is 4.47 Å². The van der Waals surface area contributed by atoms with Gasteiger partial charge in [-0.3, -0.25) is 4.79 Å². The molecule has 0 bridgehead atoms. The van der Waals surface area contributed by atoms with Crippen LogP contribution >= 0.6 is 15.9 Å². The molecule has 0 heterocycles. The number of hydrogen-bond acceptors (Lipinski definition) is 5. The zero-order valence-corrected chi connectivity index (χ0v) is 18.5. The standard InChI is InChI=1S/C22H20BrNO5S/c1-29-22(26)21(14-15-2-10-19(25)11-3-15)24-30(27,28)20-12-6-17(7-13-20)16-4-8-18(23)9-5-16/h2-13,21,24-25H,14H2,1H3. The van der Waals surface area contributed by atoms with Gasteiger partial charge in [-0.25, -0.2) is 8.42 Å². The van der Waals surface area contributed by atoms with Gasteiger partial charge in [-0.15, -0.1) is 0 Å². The maximum absolute atomic E-state index is 12.8. The number of nitrogens with one attached hydrogen (secondary N) is 1. The molecule has 3 aromatic carbocycles. The molecule has 30 heavy (non-hydrogen) atoms.